The number of rotatable bonds is 7. The lowest BCUT2D eigenvalue weighted by Crippen LogP contribution is -2.37. The van der Waals surface area contributed by atoms with Crippen LogP contribution in [0.1, 0.15) is 59.3 Å². The maximum atomic E-state index is 12.2. The summed E-state index contributed by atoms with van der Waals surface area (Å²) in [7, 11) is 0. The number of nitrogens with one attached hydrogen (secondary N) is 1. The summed E-state index contributed by atoms with van der Waals surface area (Å²) in [5.74, 6) is 0.125. The molecule has 5 nitrogen and oxygen atoms in total. The first-order valence-electron chi connectivity index (χ1n) is 7.67. The molecule has 0 spiro atoms. The van der Waals surface area contributed by atoms with Gasteiger partial charge in [-0.2, -0.15) is 0 Å². The average Bonchev–Trinajstić information content (AvgIpc) is 2.74. The summed E-state index contributed by atoms with van der Waals surface area (Å²) in [5, 5.41) is 12.3. The van der Waals surface area contributed by atoms with Gasteiger partial charge in [0.1, 0.15) is 0 Å². The lowest BCUT2D eigenvalue weighted by Gasteiger charge is -2.25. The number of nitrogens with zero attached hydrogens (tertiary/aromatic N) is 1. The molecule has 2 N–H and O–H groups in total. The van der Waals surface area contributed by atoms with Crippen molar-refractivity contribution in [1.82, 2.24) is 10.2 Å². The standard InChI is InChI=1S/C15H28N2O3/c1-11(2)16-14(19)7-4-8-15(20)17-9-5-6-13(17)10-12(3)18/h11-13,18H,4-10H2,1-3H3,(H,16,19). The summed E-state index contributed by atoms with van der Waals surface area (Å²) in [6, 6.07) is 0.319. The minimum atomic E-state index is -0.370. The Bertz CT molecular complexity index is 329. The van der Waals surface area contributed by atoms with Crippen molar-refractivity contribution >= 4 is 11.8 Å². The van der Waals surface area contributed by atoms with E-state index in [1.54, 1.807) is 6.92 Å². The van der Waals surface area contributed by atoms with Gasteiger partial charge in [0, 0.05) is 31.5 Å². The first kappa shape index (κ1) is 17.0. The molecular formula is C15H28N2O3. The number of aliphatic hydroxyl groups excluding tert-OH is 1. The van der Waals surface area contributed by atoms with E-state index in [1.807, 2.05) is 18.7 Å². The van der Waals surface area contributed by atoms with Crippen LogP contribution < -0.4 is 5.32 Å². The van der Waals surface area contributed by atoms with Crippen LogP contribution >= 0.6 is 0 Å². The molecule has 1 heterocycles. The smallest absolute Gasteiger partial charge is 0.222 e. The van der Waals surface area contributed by atoms with Crippen LogP contribution in [0.4, 0.5) is 0 Å². The molecular weight excluding hydrogens is 256 g/mol. The molecule has 0 bridgehead atoms. The fourth-order valence-corrected chi connectivity index (χ4v) is 2.74. The van der Waals surface area contributed by atoms with Crippen LogP contribution in [-0.2, 0) is 9.59 Å². The third-order valence-corrected chi connectivity index (χ3v) is 3.55. The molecule has 20 heavy (non-hydrogen) atoms. The predicted molar refractivity (Wildman–Crippen MR) is 78.2 cm³/mol. The Labute approximate surface area is 121 Å². The highest BCUT2D eigenvalue weighted by molar-refractivity contribution is 5.79. The van der Waals surface area contributed by atoms with Crippen LogP contribution in [0, 0.1) is 0 Å². The van der Waals surface area contributed by atoms with Gasteiger partial charge in [0.15, 0.2) is 0 Å². The van der Waals surface area contributed by atoms with Gasteiger partial charge < -0.3 is 15.3 Å². The van der Waals surface area contributed by atoms with E-state index in [2.05, 4.69) is 5.32 Å². The minimum absolute atomic E-state index is 0.00903. The van der Waals surface area contributed by atoms with Crippen molar-refractivity contribution in [2.45, 2.75) is 77.5 Å². The van der Waals surface area contributed by atoms with Gasteiger partial charge in [0.2, 0.25) is 11.8 Å². The van der Waals surface area contributed by atoms with E-state index in [4.69, 9.17) is 0 Å². The molecule has 1 aliphatic heterocycles. The van der Waals surface area contributed by atoms with E-state index in [9.17, 15) is 14.7 Å². The van der Waals surface area contributed by atoms with Gasteiger partial charge in [0.25, 0.3) is 0 Å². The summed E-state index contributed by atoms with van der Waals surface area (Å²) < 4.78 is 0. The quantitative estimate of drug-likeness (QED) is 0.743. The zero-order valence-corrected chi connectivity index (χ0v) is 12.9. The molecule has 1 rings (SSSR count). The van der Waals surface area contributed by atoms with Crippen molar-refractivity contribution in [3.63, 3.8) is 0 Å². The predicted octanol–water partition coefficient (Wildman–Crippen LogP) is 1.44. The first-order valence-corrected chi connectivity index (χ1v) is 7.67. The topological polar surface area (TPSA) is 69.6 Å². The second-order valence-corrected chi connectivity index (χ2v) is 6.04. The van der Waals surface area contributed by atoms with Crippen LogP contribution in [0.2, 0.25) is 0 Å². The van der Waals surface area contributed by atoms with E-state index in [0.29, 0.717) is 25.7 Å². The molecule has 0 saturated carbocycles. The molecule has 2 unspecified atom stereocenters. The number of amides is 2. The zero-order valence-electron chi connectivity index (χ0n) is 12.9. The van der Waals surface area contributed by atoms with E-state index >= 15 is 0 Å². The molecule has 5 heteroatoms. The molecule has 2 atom stereocenters. The number of carbonyl (C=O) groups excluding carboxylic acids is 2. The van der Waals surface area contributed by atoms with Gasteiger partial charge in [-0.05, 0) is 46.5 Å². The summed E-state index contributed by atoms with van der Waals surface area (Å²) in [6.07, 6.45) is 3.68. The SMILES string of the molecule is CC(O)CC1CCCN1C(=O)CCCC(=O)NC(C)C. The second kappa shape index (κ2) is 8.25. The number of aliphatic hydroxyl groups is 1. The normalized spacial score (nSPS) is 20.2. The third-order valence-electron chi connectivity index (χ3n) is 3.55. The average molecular weight is 284 g/mol. The van der Waals surface area contributed by atoms with E-state index in [0.717, 1.165) is 19.4 Å². The van der Waals surface area contributed by atoms with Crippen LogP contribution in [0.25, 0.3) is 0 Å². The number of carbonyl (C=O) groups is 2. The van der Waals surface area contributed by atoms with Crippen molar-refractivity contribution < 1.29 is 14.7 Å². The van der Waals surface area contributed by atoms with Gasteiger partial charge in [0.05, 0.1) is 6.10 Å². The van der Waals surface area contributed by atoms with Gasteiger partial charge in [-0.15, -0.1) is 0 Å². The highest BCUT2D eigenvalue weighted by Crippen LogP contribution is 2.22. The zero-order chi connectivity index (χ0) is 15.1. The summed E-state index contributed by atoms with van der Waals surface area (Å²) in [4.78, 5) is 25.5. The maximum absolute atomic E-state index is 12.2. The Morgan fingerprint density at radius 1 is 1.30 bits per heavy atom. The fraction of sp³-hybridized carbons (Fsp3) is 0.867. The van der Waals surface area contributed by atoms with Crippen molar-refractivity contribution in [2.75, 3.05) is 6.54 Å². The summed E-state index contributed by atoms with van der Waals surface area (Å²) in [5.41, 5.74) is 0. The minimum Gasteiger partial charge on any atom is -0.393 e. The van der Waals surface area contributed by atoms with Gasteiger partial charge >= 0.3 is 0 Å². The maximum Gasteiger partial charge on any atom is 0.222 e. The Morgan fingerprint density at radius 3 is 2.60 bits per heavy atom. The van der Waals surface area contributed by atoms with E-state index in [1.165, 1.54) is 0 Å². The van der Waals surface area contributed by atoms with Crippen LogP contribution in [0.3, 0.4) is 0 Å². The van der Waals surface area contributed by atoms with Crippen molar-refractivity contribution in [3.05, 3.63) is 0 Å². The lowest BCUT2D eigenvalue weighted by molar-refractivity contribution is -0.132. The molecule has 1 aliphatic rings. The van der Waals surface area contributed by atoms with Crippen LogP contribution in [-0.4, -0.2) is 46.6 Å². The van der Waals surface area contributed by atoms with Gasteiger partial charge in [-0.25, -0.2) is 0 Å². The van der Waals surface area contributed by atoms with Crippen molar-refractivity contribution in [1.29, 1.82) is 0 Å². The van der Waals surface area contributed by atoms with Crippen molar-refractivity contribution in [3.8, 4) is 0 Å². The summed E-state index contributed by atoms with van der Waals surface area (Å²) in [6.45, 7) is 6.40. The monoisotopic (exact) mass is 284 g/mol. The third kappa shape index (κ3) is 5.90. The van der Waals surface area contributed by atoms with Crippen LogP contribution in [0.15, 0.2) is 0 Å². The molecule has 0 aromatic rings. The fourth-order valence-electron chi connectivity index (χ4n) is 2.74. The summed E-state index contributed by atoms with van der Waals surface area (Å²) >= 11 is 0. The molecule has 0 radical (unpaired) electrons. The van der Waals surface area contributed by atoms with Crippen LogP contribution in [0.5, 0.6) is 0 Å². The Hall–Kier alpha value is -1.10. The Kier molecular flexibility index (Phi) is 6.99. The molecule has 0 aromatic heterocycles. The molecule has 2 amide bonds. The molecule has 116 valence electrons. The highest BCUT2D eigenvalue weighted by atomic mass is 16.3. The lowest BCUT2D eigenvalue weighted by atomic mass is 10.1. The van der Waals surface area contributed by atoms with E-state index in [-0.39, 0.29) is 30.0 Å². The number of hydrogen-bond donors (Lipinski definition) is 2. The van der Waals surface area contributed by atoms with Gasteiger partial charge in [-0.3, -0.25) is 9.59 Å². The second-order valence-electron chi connectivity index (χ2n) is 6.04. The first-order chi connectivity index (χ1) is 9.40. The molecule has 0 aromatic carbocycles. The van der Waals surface area contributed by atoms with E-state index < -0.39 is 0 Å². The highest BCUT2D eigenvalue weighted by Gasteiger charge is 2.28. The van der Waals surface area contributed by atoms with Crippen molar-refractivity contribution in [2.24, 2.45) is 0 Å². The Balaban J connectivity index is 2.29. The molecule has 1 saturated heterocycles. The Morgan fingerprint density at radius 2 is 2.00 bits per heavy atom. The van der Waals surface area contributed by atoms with Gasteiger partial charge in [-0.1, -0.05) is 0 Å². The molecule has 0 aliphatic carbocycles. The largest absolute Gasteiger partial charge is 0.393 e. The number of likely N-dealkylation sites (tertiary alicyclic amines) is 1. The number of hydrogen-bond acceptors (Lipinski definition) is 3. The molecule has 1 fully saturated rings.